The van der Waals surface area contributed by atoms with E-state index in [0.717, 1.165) is 4.68 Å². The molecule has 0 atom stereocenters. The number of aromatic carboxylic acids is 1. The maximum atomic E-state index is 12.1. The minimum Gasteiger partial charge on any atom is -0.477 e. The minimum absolute atomic E-state index is 0.0848. The van der Waals surface area contributed by atoms with Crippen LogP contribution in [0.4, 0.5) is 5.69 Å². The zero-order valence-corrected chi connectivity index (χ0v) is 12.6. The lowest BCUT2D eigenvalue weighted by Crippen LogP contribution is -2.24. The van der Waals surface area contributed by atoms with Gasteiger partial charge in [-0.05, 0) is 13.0 Å². The van der Waals surface area contributed by atoms with Gasteiger partial charge in [0.15, 0.2) is 5.69 Å². The van der Waals surface area contributed by atoms with Crippen LogP contribution in [0, 0.1) is 0 Å². The molecule has 2 aromatic rings. The first-order chi connectivity index (χ1) is 11.0. The van der Waals surface area contributed by atoms with Gasteiger partial charge in [-0.3, -0.25) is 14.3 Å². The number of amides is 2. The van der Waals surface area contributed by atoms with E-state index in [1.54, 1.807) is 0 Å². The number of hydrogen-bond donors (Lipinski definition) is 3. The molecule has 3 N–H and O–H groups in total. The molecule has 2 amide bonds. The summed E-state index contributed by atoms with van der Waals surface area (Å²) in [5, 5.41) is 21.8. The van der Waals surface area contributed by atoms with Gasteiger partial charge in [-0.25, -0.2) is 9.48 Å². The molecule has 0 aliphatic carbocycles. The maximum Gasteiger partial charge on any atom is 0.354 e. The van der Waals surface area contributed by atoms with Gasteiger partial charge in [0, 0.05) is 26.0 Å². The van der Waals surface area contributed by atoms with Crippen molar-refractivity contribution in [3.63, 3.8) is 0 Å². The molecule has 2 rings (SSSR count). The molecule has 0 radical (unpaired) electrons. The van der Waals surface area contributed by atoms with Gasteiger partial charge in [0.25, 0.3) is 5.91 Å². The molecule has 0 aliphatic rings. The molecule has 0 unspecified atom stereocenters. The highest BCUT2D eigenvalue weighted by molar-refractivity contribution is 6.02. The van der Waals surface area contributed by atoms with E-state index < -0.39 is 17.8 Å². The molecule has 0 saturated carbocycles. The van der Waals surface area contributed by atoms with Crippen LogP contribution in [0.15, 0.2) is 18.5 Å². The molecule has 122 valence electrons. The summed E-state index contributed by atoms with van der Waals surface area (Å²) in [5.41, 5.74) is 0.234. The summed E-state index contributed by atoms with van der Waals surface area (Å²) in [6.45, 7) is 2.08. The van der Waals surface area contributed by atoms with Gasteiger partial charge in [0.1, 0.15) is 12.2 Å². The van der Waals surface area contributed by atoms with Crippen LogP contribution in [-0.2, 0) is 17.9 Å². The average Bonchev–Trinajstić information content (AvgIpc) is 3.13. The molecular formula is C13H16N6O4. The first-order valence-electron chi connectivity index (χ1n) is 6.80. The van der Waals surface area contributed by atoms with Crippen LogP contribution in [0.1, 0.15) is 27.9 Å². The van der Waals surface area contributed by atoms with Crippen LogP contribution in [0.3, 0.4) is 0 Å². The standard InChI is InChI=1S/C13H16N6O4/c1-3-18-6-8(11(17-18)12(21)14-2)16-10(20)7-19-9(13(22)23)4-5-15-19/h4-6H,3,7H2,1-2H3,(H,14,21)(H,16,20)(H,22,23). The smallest absolute Gasteiger partial charge is 0.354 e. The van der Waals surface area contributed by atoms with Gasteiger partial charge in [0.2, 0.25) is 5.91 Å². The summed E-state index contributed by atoms with van der Waals surface area (Å²) in [6.07, 6.45) is 2.82. The van der Waals surface area contributed by atoms with E-state index in [2.05, 4.69) is 20.8 Å². The Hall–Kier alpha value is -3.17. The maximum absolute atomic E-state index is 12.1. The third-order valence-electron chi connectivity index (χ3n) is 3.03. The van der Waals surface area contributed by atoms with Crippen LogP contribution in [0.2, 0.25) is 0 Å². The van der Waals surface area contributed by atoms with Crippen molar-refractivity contribution in [2.24, 2.45) is 0 Å². The van der Waals surface area contributed by atoms with Gasteiger partial charge in [-0.2, -0.15) is 10.2 Å². The molecule has 0 aromatic carbocycles. The number of hydrogen-bond acceptors (Lipinski definition) is 5. The number of carbonyl (C=O) groups excluding carboxylic acids is 2. The first kappa shape index (κ1) is 16.2. The first-order valence-corrected chi connectivity index (χ1v) is 6.80. The average molecular weight is 320 g/mol. The summed E-state index contributed by atoms with van der Waals surface area (Å²) in [7, 11) is 1.46. The fourth-order valence-electron chi connectivity index (χ4n) is 1.93. The van der Waals surface area contributed by atoms with Crippen molar-refractivity contribution in [3.05, 3.63) is 29.8 Å². The zero-order valence-electron chi connectivity index (χ0n) is 12.6. The van der Waals surface area contributed by atoms with Crippen LogP contribution < -0.4 is 10.6 Å². The van der Waals surface area contributed by atoms with Crippen LogP contribution in [0.25, 0.3) is 0 Å². The Bertz CT molecular complexity index is 747. The second kappa shape index (κ2) is 6.73. The molecule has 23 heavy (non-hydrogen) atoms. The minimum atomic E-state index is -1.18. The highest BCUT2D eigenvalue weighted by Crippen LogP contribution is 2.14. The quantitative estimate of drug-likeness (QED) is 0.675. The Balaban J connectivity index is 2.17. The van der Waals surface area contributed by atoms with Gasteiger partial charge < -0.3 is 15.7 Å². The lowest BCUT2D eigenvalue weighted by Gasteiger charge is -2.06. The van der Waals surface area contributed by atoms with Crippen LogP contribution in [0.5, 0.6) is 0 Å². The number of rotatable bonds is 6. The molecule has 0 aliphatic heterocycles. The largest absolute Gasteiger partial charge is 0.477 e. The van der Waals surface area contributed by atoms with Crippen molar-refractivity contribution in [2.45, 2.75) is 20.0 Å². The second-order valence-electron chi connectivity index (χ2n) is 4.55. The Labute approximate surface area is 131 Å². The van der Waals surface area contributed by atoms with Gasteiger partial charge in [-0.15, -0.1) is 0 Å². The molecule has 2 aromatic heterocycles. The molecule has 2 heterocycles. The van der Waals surface area contributed by atoms with E-state index >= 15 is 0 Å². The van der Waals surface area contributed by atoms with Gasteiger partial charge in [-0.1, -0.05) is 0 Å². The van der Waals surface area contributed by atoms with Crippen molar-refractivity contribution in [1.29, 1.82) is 0 Å². The third-order valence-corrected chi connectivity index (χ3v) is 3.03. The lowest BCUT2D eigenvalue weighted by molar-refractivity contribution is -0.116. The fourth-order valence-corrected chi connectivity index (χ4v) is 1.93. The normalized spacial score (nSPS) is 10.3. The summed E-state index contributed by atoms with van der Waals surface area (Å²) in [5.74, 6) is -2.13. The number of aromatic nitrogens is 4. The van der Waals surface area contributed by atoms with Crippen LogP contribution in [-0.4, -0.2) is 49.5 Å². The number of anilines is 1. The number of carboxylic acids is 1. The summed E-state index contributed by atoms with van der Waals surface area (Å²) < 4.78 is 2.57. The lowest BCUT2D eigenvalue weighted by atomic mass is 10.3. The molecule has 10 nitrogen and oxygen atoms in total. The Morgan fingerprint density at radius 1 is 1.35 bits per heavy atom. The van der Waals surface area contributed by atoms with E-state index in [-0.39, 0.29) is 23.6 Å². The number of aryl methyl sites for hydroxylation is 1. The predicted molar refractivity (Wildman–Crippen MR) is 79.1 cm³/mol. The number of carboxylic acid groups (broad SMARTS) is 1. The van der Waals surface area contributed by atoms with Crippen molar-refractivity contribution in [3.8, 4) is 0 Å². The zero-order chi connectivity index (χ0) is 17.0. The van der Waals surface area contributed by atoms with E-state index in [1.165, 1.54) is 30.2 Å². The third kappa shape index (κ3) is 3.54. The van der Waals surface area contributed by atoms with Crippen molar-refractivity contribution < 1.29 is 19.5 Å². The predicted octanol–water partition coefficient (Wildman–Crippen LogP) is -0.204. The highest BCUT2D eigenvalue weighted by atomic mass is 16.4. The molecule has 0 fully saturated rings. The molecule has 0 saturated heterocycles. The number of carbonyl (C=O) groups is 3. The number of nitrogens with zero attached hydrogens (tertiary/aromatic N) is 4. The monoisotopic (exact) mass is 320 g/mol. The summed E-state index contributed by atoms with van der Waals surface area (Å²) in [4.78, 5) is 34.8. The van der Waals surface area contributed by atoms with Crippen molar-refractivity contribution in [1.82, 2.24) is 24.9 Å². The van der Waals surface area contributed by atoms with E-state index in [0.29, 0.717) is 6.54 Å². The Morgan fingerprint density at radius 3 is 2.70 bits per heavy atom. The number of nitrogens with one attached hydrogen (secondary N) is 2. The SMILES string of the molecule is CCn1cc(NC(=O)Cn2nccc2C(=O)O)c(C(=O)NC)n1. The molecule has 10 heteroatoms. The molecule has 0 bridgehead atoms. The van der Waals surface area contributed by atoms with Gasteiger partial charge in [0.05, 0.1) is 5.69 Å². The summed E-state index contributed by atoms with van der Waals surface area (Å²) >= 11 is 0. The van der Waals surface area contributed by atoms with Crippen molar-refractivity contribution in [2.75, 3.05) is 12.4 Å². The van der Waals surface area contributed by atoms with E-state index in [9.17, 15) is 14.4 Å². The van der Waals surface area contributed by atoms with Gasteiger partial charge >= 0.3 is 5.97 Å². The topological polar surface area (TPSA) is 131 Å². The summed E-state index contributed by atoms with van der Waals surface area (Å²) in [6, 6.07) is 1.29. The van der Waals surface area contributed by atoms with E-state index in [4.69, 9.17) is 5.11 Å². The van der Waals surface area contributed by atoms with E-state index in [1.807, 2.05) is 6.92 Å². The molecule has 0 spiro atoms. The Morgan fingerprint density at radius 2 is 2.09 bits per heavy atom. The molecular weight excluding hydrogens is 304 g/mol. The highest BCUT2D eigenvalue weighted by Gasteiger charge is 2.19. The van der Waals surface area contributed by atoms with Crippen molar-refractivity contribution >= 4 is 23.5 Å². The van der Waals surface area contributed by atoms with Crippen LogP contribution >= 0.6 is 0 Å². The second-order valence-corrected chi connectivity index (χ2v) is 4.55. The fraction of sp³-hybridized carbons (Fsp3) is 0.308. The Kier molecular flexibility index (Phi) is 4.74.